The summed E-state index contributed by atoms with van der Waals surface area (Å²) in [5, 5.41) is 13.1. The number of nitrogens with one attached hydrogen (secondary N) is 2. The van der Waals surface area contributed by atoms with E-state index in [2.05, 4.69) is 221 Å². The first-order valence-corrected chi connectivity index (χ1v) is 22.1. The molecule has 2 aliphatic rings. The van der Waals surface area contributed by atoms with Gasteiger partial charge in [-0.05, 0) is 107 Å². The fraction of sp³-hybridized carbons (Fsp3) is 0.0862. The van der Waals surface area contributed by atoms with Crippen molar-refractivity contribution < 1.29 is 0 Å². The van der Waals surface area contributed by atoms with Crippen molar-refractivity contribution in [2.45, 2.75) is 31.6 Å². The van der Waals surface area contributed by atoms with E-state index in [1.54, 1.807) is 0 Å². The van der Waals surface area contributed by atoms with E-state index in [0.717, 1.165) is 62.2 Å². The number of nitrogens with two attached hydrogens (primary N) is 1. The predicted octanol–water partition coefficient (Wildman–Crippen LogP) is 11.3. The monoisotopic (exact) mass is 828 g/mol. The number of nitrogens with zero attached hydrogens (tertiary/aromatic N) is 3. The lowest BCUT2D eigenvalue weighted by atomic mass is 9.90. The highest BCUT2D eigenvalue weighted by atomic mass is 15.3. The van der Waals surface area contributed by atoms with Crippen molar-refractivity contribution >= 4 is 62.1 Å². The van der Waals surface area contributed by atoms with Gasteiger partial charge < -0.3 is 15.2 Å². The van der Waals surface area contributed by atoms with Gasteiger partial charge in [-0.15, -0.1) is 0 Å². The number of para-hydroxylation sites is 2. The maximum absolute atomic E-state index is 6.98. The molecule has 310 valence electrons. The fourth-order valence-electron chi connectivity index (χ4n) is 9.56. The van der Waals surface area contributed by atoms with Crippen molar-refractivity contribution in [3.63, 3.8) is 0 Å². The Hall–Kier alpha value is -7.93. The lowest BCUT2D eigenvalue weighted by molar-refractivity contribution is 0.476. The van der Waals surface area contributed by atoms with Crippen molar-refractivity contribution in [1.82, 2.24) is 19.8 Å². The molecule has 0 amide bonds. The van der Waals surface area contributed by atoms with Gasteiger partial charge in [0.1, 0.15) is 0 Å². The van der Waals surface area contributed by atoms with Crippen LogP contribution in [0.5, 0.6) is 0 Å². The zero-order valence-electron chi connectivity index (χ0n) is 35.7. The molecule has 64 heavy (non-hydrogen) atoms. The summed E-state index contributed by atoms with van der Waals surface area (Å²) in [7, 11) is 0. The minimum absolute atomic E-state index is 0.0869. The summed E-state index contributed by atoms with van der Waals surface area (Å²) >= 11 is 0. The van der Waals surface area contributed by atoms with Gasteiger partial charge >= 0.3 is 0 Å². The van der Waals surface area contributed by atoms with Gasteiger partial charge in [0, 0.05) is 44.2 Å². The van der Waals surface area contributed by atoms with Crippen LogP contribution in [0.4, 0.5) is 0 Å². The van der Waals surface area contributed by atoms with Crippen molar-refractivity contribution in [3.05, 3.63) is 228 Å². The number of rotatable bonds is 9. The fourth-order valence-corrected chi connectivity index (χ4v) is 9.56. The van der Waals surface area contributed by atoms with E-state index in [1.807, 2.05) is 18.3 Å². The number of fused-ring (bicyclic) bond motifs is 6. The molecule has 7 aromatic carbocycles. The average Bonchev–Trinajstić information content (AvgIpc) is 3.87. The maximum atomic E-state index is 6.98. The Balaban J connectivity index is 0.901. The van der Waals surface area contributed by atoms with Crippen LogP contribution in [0, 0.1) is 0 Å². The molecule has 0 bridgehead atoms. The lowest BCUT2D eigenvalue weighted by Crippen LogP contribution is -2.41. The average molecular weight is 829 g/mol. The van der Waals surface area contributed by atoms with E-state index < -0.39 is 6.29 Å². The van der Waals surface area contributed by atoms with E-state index in [9.17, 15) is 0 Å². The lowest BCUT2D eigenvalue weighted by Gasteiger charge is -2.23. The standard InChI is InChI=1S/C58H48N6/c1-38(42-19-13-20-43(34-42)40-15-5-3-6-16-40)31-32-60-57(59)63-53-25-11-9-23-48(53)50-36-45(27-29-55(50)63)46-28-30-56-51(37-46)49-24-10-12-26-54(49)64(56)58-61-39(2)33-52(62-58)47-22-14-21-44(35-47)41-17-7-4-8-18-41/h3-26,28-37,39,45,57,60H,1,27,59H2,2H3,(H,61,62)/b32-31-. The van der Waals surface area contributed by atoms with Crippen LogP contribution in [0.2, 0.25) is 0 Å². The minimum Gasteiger partial charge on any atom is -0.359 e. The molecule has 11 rings (SSSR count). The number of hydrogen-bond acceptors (Lipinski definition) is 4. The van der Waals surface area contributed by atoms with E-state index in [0.29, 0.717) is 0 Å². The Kier molecular flexibility index (Phi) is 9.98. The number of aliphatic imine (C=N–C) groups is 1. The molecule has 2 aromatic heterocycles. The highest BCUT2D eigenvalue weighted by molar-refractivity contribution is 6.15. The van der Waals surface area contributed by atoms with Gasteiger partial charge in [0.05, 0.1) is 22.2 Å². The number of hydrogen-bond donors (Lipinski definition) is 3. The smallest absolute Gasteiger partial charge is 0.208 e. The number of aromatic nitrogens is 2. The highest BCUT2D eigenvalue weighted by Crippen LogP contribution is 2.35. The van der Waals surface area contributed by atoms with Crippen molar-refractivity contribution in [2.75, 3.05) is 0 Å². The quantitative estimate of drug-likeness (QED) is 0.100. The number of benzene rings is 7. The molecule has 3 heterocycles. The molecule has 0 radical (unpaired) electrons. The Bertz CT molecular complexity index is 3480. The second-order valence-electron chi connectivity index (χ2n) is 16.8. The van der Waals surface area contributed by atoms with Crippen LogP contribution in [0.25, 0.3) is 78.4 Å². The Morgan fingerprint density at radius 1 is 0.672 bits per heavy atom. The molecule has 3 atom stereocenters. The molecule has 4 N–H and O–H groups in total. The predicted molar refractivity (Wildman–Crippen MR) is 269 cm³/mol. The maximum Gasteiger partial charge on any atom is 0.208 e. The van der Waals surface area contributed by atoms with Gasteiger partial charge in [-0.25, -0.2) is 4.99 Å². The van der Waals surface area contributed by atoms with Crippen molar-refractivity contribution in [2.24, 2.45) is 10.7 Å². The molecular formula is C58H48N6. The van der Waals surface area contributed by atoms with Gasteiger partial charge in [-0.3, -0.25) is 10.3 Å². The van der Waals surface area contributed by atoms with Crippen LogP contribution >= 0.6 is 0 Å². The largest absolute Gasteiger partial charge is 0.359 e. The molecular weight excluding hydrogens is 781 g/mol. The third-order valence-electron chi connectivity index (χ3n) is 12.7. The number of allylic oxidation sites excluding steroid dienone is 2. The first-order chi connectivity index (χ1) is 31.5. The first-order valence-electron chi connectivity index (χ1n) is 22.1. The first kappa shape index (κ1) is 39.0. The zero-order chi connectivity index (χ0) is 43.1. The Morgan fingerprint density at radius 3 is 2.09 bits per heavy atom. The molecule has 0 spiro atoms. The zero-order valence-corrected chi connectivity index (χ0v) is 35.7. The normalized spacial score (nSPS) is 16.4. The summed E-state index contributed by atoms with van der Waals surface area (Å²) in [4.78, 5) is 5.31. The highest BCUT2D eigenvalue weighted by Gasteiger charge is 2.23. The molecule has 6 heteroatoms. The molecule has 0 saturated carbocycles. The minimum atomic E-state index is -0.487. The van der Waals surface area contributed by atoms with Crippen molar-refractivity contribution in [1.29, 1.82) is 0 Å². The van der Waals surface area contributed by atoms with E-state index in [4.69, 9.17) is 10.7 Å². The molecule has 1 aliphatic heterocycles. The SMILES string of the molecule is C=C(/C=C\NC(N)n1c2c(c3ccccc31)=CC(c1ccc3c(c1)c1ccccc1n3C1=NC(c3cccc(-c4ccccc4)c3)=CC(C)N1)CC=2)c1cccc(-c2ccccc2)c1. The van der Waals surface area contributed by atoms with Crippen LogP contribution in [-0.4, -0.2) is 21.1 Å². The molecule has 1 aliphatic carbocycles. The molecule has 9 aromatic rings. The molecule has 6 nitrogen and oxygen atoms in total. The topological polar surface area (TPSA) is 72.3 Å². The summed E-state index contributed by atoms with van der Waals surface area (Å²) in [6, 6.07) is 62.4. The van der Waals surface area contributed by atoms with Gasteiger partial charge in [0.2, 0.25) is 5.96 Å². The summed E-state index contributed by atoms with van der Waals surface area (Å²) in [6.07, 6.45) is 11.3. The Labute approximate surface area is 373 Å². The summed E-state index contributed by atoms with van der Waals surface area (Å²) in [5.41, 5.74) is 20.3. The molecule has 3 unspecified atom stereocenters. The van der Waals surface area contributed by atoms with Crippen LogP contribution in [0.15, 0.2) is 206 Å². The molecule has 0 fully saturated rings. The third-order valence-corrected chi connectivity index (χ3v) is 12.7. The van der Waals surface area contributed by atoms with E-state index in [-0.39, 0.29) is 12.0 Å². The summed E-state index contributed by atoms with van der Waals surface area (Å²) in [6.45, 7) is 6.55. The van der Waals surface area contributed by atoms with E-state index >= 15 is 0 Å². The Morgan fingerprint density at radius 2 is 1.31 bits per heavy atom. The molecule has 0 saturated heterocycles. The van der Waals surface area contributed by atoms with Gasteiger partial charge in [-0.2, -0.15) is 0 Å². The van der Waals surface area contributed by atoms with Gasteiger partial charge in [0.15, 0.2) is 6.29 Å². The second kappa shape index (κ2) is 16.4. The van der Waals surface area contributed by atoms with Crippen LogP contribution in [0.3, 0.4) is 0 Å². The second-order valence-corrected chi connectivity index (χ2v) is 16.8. The van der Waals surface area contributed by atoms with Gasteiger partial charge in [-0.1, -0.05) is 158 Å². The van der Waals surface area contributed by atoms with Crippen LogP contribution < -0.4 is 26.9 Å². The van der Waals surface area contributed by atoms with Crippen molar-refractivity contribution in [3.8, 4) is 22.3 Å². The summed E-state index contributed by atoms with van der Waals surface area (Å²) < 4.78 is 4.51. The van der Waals surface area contributed by atoms with E-state index in [1.165, 1.54) is 43.6 Å². The van der Waals surface area contributed by atoms with Gasteiger partial charge in [0.25, 0.3) is 0 Å². The van der Waals surface area contributed by atoms with Crippen LogP contribution in [0.1, 0.15) is 42.2 Å². The third kappa shape index (κ3) is 7.14. The van der Waals surface area contributed by atoms with Crippen LogP contribution in [-0.2, 0) is 0 Å². The summed E-state index contributed by atoms with van der Waals surface area (Å²) in [5.74, 6) is 1.01.